The standard InChI is InChI=1S/C19H15ClN4O2S/c1-25-15-8-4-13(5-9-15)18-22-19(24-23-18)27-11-17-21-10-16(26-17)12-2-6-14(20)7-3-12/h2-10H,11H2,1H3,(H,22,23,24). The average Bonchev–Trinajstić information content (AvgIpc) is 3.37. The highest BCUT2D eigenvalue weighted by atomic mass is 35.5. The number of methoxy groups -OCH3 is 1. The minimum absolute atomic E-state index is 0.535. The van der Waals surface area contributed by atoms with Crippen molar-refractivity contribution in [1.29, 1.82) is 0 Å². The molecule has 0 fully saturated rings. The molecule has 4 rings (SSSR count). The molecule has 0 unspecified atom stereocenters. The Balaban J connectivity index is 1.40. The van der Waals surface area contributed by atoms with Crippen LogP contribution in [0.3, 0.4) is 0 Å². The third-order valence-corrected chi connectivity index (χ3v) is 4.92. The monoisotopic (exact) mass is 398 g/mol. The third kappa shape index (κ3) is 4.15. The molecule has 0 aliphatic heterocycles. The maximum absolute atomic E-state index is 5.91. The Kier molecular flexibility index (Phi) is 5.13. The number of thioether (sulfide) groups is 1. The molecular weight excluding hydrogens is 384 g/mol. The summed E-state index contributed by atoms with van der Waals surface area (Å²) in [6, 6.07) is 15.1. The summed E-state index contributed by atoms with van der Waals surface area (Å²) in [6.07, 6.45) is 1.71. The van der Waals surface area contributed by atoms with Crippen molar-refractivity contribution in [3.05, 3.63) is 65.6 Å². The summed E-state index contributed by atoms with van der Waals surface area (Å²) in [4.78, 5) is 8.81. The molecule has 0 saturated carbocycles. The van der Waals surface area contributed by atoms with Crippen LogP contribution in [0.1, 0.15) is 5.89 Å². The summed E-state index contributed by atoms with van der Waals surface area (Å²) in [7, 11) is 1.64. The Labute approximate surface area is 165 Å². The molecule has 0 aliphatic rings. The Morgan fingerprint density at radius 3 is 2.56 bits per heavy atom. The van der Waals surface area contributed by atoms with Gasteiger partial charge in [0, 0.05) is 16.1 Å². The van der Waals surface area contributed by atoms with Gasteiger partial charge in [-0.3, -0.25) is 5.10 Å². The highest BCUT2D eigenvalue weighted by Gasteiger charge is 2.10. The van der Waals surface area contributed by atoms with Gasteiger partial charge in [-0.25, -0.2) is 9.97 Å². The van der Waals surface area contributed by atoms with Crippen molar-refractivity contribution in [3.63, 3.8) is 0 Å². The van der Waals surface area contributed by atoms with Gasteiger partial charge in [-0.05, 0) is 48.5 Å². The molecule has 6 nitrogen and oxygen atoms in total. The lowest BCUT2D eigenvalue weighted by atomic mass is 10.2. The van der Waals surface area contributed by atoms with E-state index in [1.54, 1.807) is 13.3 Å². The molecular formula is C19H15ClN4O2S. The molecule has 2 aromatic carbocycles. The van der Waals surface area contributed by atoms with Crippen molar-refractivity contribution in [3.8, 4) is 28.5 Å². The number of aromatic amines is 1. The van der Waals surface area contributed by atoms with Crippen LogP contribution in [0.5, 0.6) is 5.75 Å². The molecule has 4 aromatic rings. The number of nitrogens with one attached hydrogen (secondary N) is 1. The van der Waals surface area contributed by atoms with E-state index < -0.39 is 0 Å². The predicted octanol–water partition coefficient (Wildman–Crippen LogP) is 5.08. The molecule has 0 saturated heterocycles. The van der Waals surface area contributed by atoms with E-state index in [9.17, 15) is 0 Å². The second kappa shape index (κ2) is 7.85. The van der Waals surface area contributed by atoms with Crippen LogP contribution in [-0.4, -0.2) is 27.3 Å². The summed E-state index contributed by atoms with van der Waals surface area (Å²) < 4.78 is 11.0. The first-order valence-electron chi connectivity index (χ1n) is 8.11. The van der Waals surface area contributed by atoms with Crippen molar-refractivity contribution >= 4 is 23.4 Å². The zero-order chi connectivity index (χ0) is 18.6. The lowest BCUT2D eigenvalue weighted by Gasteiger charge is -1.99. The van der Waals surface area contributed by atoms with E-state index in [0.29, 0.717) is 33.4 Å². The van der Waals surface area contributed by atoms with E-state index in [2.05, 4.69) is 20.2 Å². The fourth-order valence-electron chi connectivity index (χ4n) is 2.44. The average molecular weight is 399 g/mol. The SMILES string of the molecule is COc1ccc(-c2nc(SCc3ncc(-c4ccc(Cl)cc4)o3)n[nH]2)cc1. The van der Waals surface area contributed by atoms with E-state index in [-0.39, 0.29) is 0 Å². The largest absolute Gasteiger partial charge is 0.497 e. The quantitative estimate of drug-likeness (QED) is 0.456. The van der Waals surface area contributed by atoms with Crippen LogP contribution in [-0.2, 0) is 5.75 Å². The third-order valence-electron chi connectivity index (χ3n) is 3.84. The number of ether oxygens (including phenoxy) is 1. The first-order valence-corrected chi connectivity index (χ1v) is 9.48. The fourth-order valence-corrected chi connectivity index (χ4v) is 3.22. The molecule has 2 heterocycles. The van der Waals surface area contributed by atoms with Crippen molar-refractivity contribution < 1.29 is 9.15 Å². The van der Waals surface area contributed by atoms with Gasteiger partial charge in [0.25, 0.3) is 0 Å². The van der Waals surface area contributed by atoms with Crippen LogP contribution in [0, 0.1) is 0 Å². The maximum atomic E-state index is 5.91. The van der Waals surface area contributed by atoms with Crippen LogP contribution in [0.25, 0.3) is 22.7 Å². The van der Waals surface area contributed by atoms with Crippen molar-refractivity contribution in [2.24, 2.45) is 0 Å². The Bertz CT molecular complexity index is 1030. The van der Waals surface area contributed by atoms with E-state index in [1.165, 1.54) is 11.8 Å². The molecule has 0 atom stereocenters. The normalized spacial score (nSPS) is 10.9. The summed E-state index contributed by atoms with van der Waals surface area (Å²) >= 11 is 7.36. The number of halogens is 1. The highest BCUT2D eigenvalue weighted by Crippen LogP contribution is 2.26. The molecule has 27 heavy (non-hydrogen) atoms. The maximum Gasteiger partial charge on any atom is 0.209 e. The Hall–Kier alpha value is -2.77. The van der Waals surface area contributed by atoms with Crippen LogP contribution in [0.4, 0.5) is 0 Å². The van der Waals surface area contributed by atoms with Crippen molar-refractivity contribution in [2.45, 2.75) is 10.9 Å². The topological polar surface area (TPSA) is 76.8 Å². The predicted molar refractivity (Wildman–Crippen MR) is 105 cm³/mol. The zero-order valence-electron chi connectivity index (χ0n) is 14.3. The highest BCUT2D eigenvalue weighted by molar-refractivity contribution is 7.98. The molecule has 136 valence electrons. The first kappa shape index (κ1) is 17.6. The van der Waals surface area contributed by atoms with E-state index in [1.807, 2.05) is 48.5 Å². The lowest BCUT2D eigenvalue weighted by molar-refractivity contribution is 0.415. The minimum atomic E-state index is 0.535. The second-order valence-corrected chi connectivity index (χ2v) is 6.99. The van der Waals surface area contributed by atoms with Gasteiger partial charge < -0.3 is 9.15 Å². The van der Waals surface area contributed by atoms with Crippen molar-refractivity contribution in [1.82, 2.24) is 20.2 Å². The Morgan fingerprint density at radius 2 is 1.81 bits per heavy atom. The number of benzene rings is 2. The molecule has 0 spiro atoms. The number of nitrogens with zero attached hydrogens (tertiary/aromatic N) is 3. The Morgan fingerprint density at radius 1 is 1.07 bits per heavy atom. The second-order valence-electron chi connectivity index (χ2n) is 5.61. The lowest BCUT2D eigenvalue weighted by Crippen LogP contribution is -1.84. The van der Waals surface area contributed by atoms with Gasteiger partial charge in [0.15, 0.2) is 11.6 Å². The van der Waals surface area contributed by atoms with Crippen LogP contribution >= 0.6 is 23.4 Å². The summed E-state index contributed by atoms with van der Waals surface area (Å²) in [5.41, 5.74) is 1.87. The van der Waals surface area contributed by atoms with E-state index in [0.717, 1.165) is 16.9 Å². The minimum Gasteiger partial charge on any atom is -0.497 e. The van der Waals surface area contributed by atoms with E-state index in [4.69, 9.17) is 20.8 Å². The molecule has 1 N–H and O–H groups in total. The zero-order valence-corrected chi connectivity index (χ0v) is 15.9. The summed E-state index contributed by atoms with van der Waals surface area (Å²) in [6.45, 7) is 0. The number of rotatable bonds is 6. The number of hydrogen-bond acceptors (Lipinski definition) is 6. The van der Waals surface area contributed by atoms with Gasteiger partial charge in [0.1, 0.15) is 5.75 Å². The number of aromatic nitrogens is 4. The van der Waals surface area contributed by atoms with Gasteiger partial charge in [-0.1, -0.05) is 23.4 Å². The molecule has 0 amide bonds. The van der Waals surface area contributed by atoms with Gasteiger partial charge in [0.05, 0.1) is 19.1 Å². The smallest absolute Gasteiger partial charge is 0.209 e. The van der Waals surface area contributed by atoms with Gasteiger partial charge >= 0.3 is 0 Å². The van der Waals surface area contributed by atoms with Crippen molar-refractivity contribution in [2.75, 3.05) is 7.11 Å². The van der Waals surface area contributed by atoms with Crippen LogP contribution < -0.4 is 4.74 Å². The number of H-pyrrole nitrogens is 1. The van der Waals surface area contributed by atoms with Crippen LogP contribution in [0.2, 0.25) is 5.02 Å². The number of oxazole rings is 1. The number of hydrogen-bond donors (Lipinski definition) is 1. The fraction of sp³-hybridized carbons (Fsp3) is 0.105. The summed E-state index contributed by atoms with van der Waals surface area (Å²) in [5, 5.41) is 8.50. The molecule has 0 aliphatic carbocycles. The van der Waals surface area contributed by atoms with Crippen LogP contribution in [0.15, 0.2) is 64.3 Å². The summed E-state index contributed by atoms with van der Waals surface area (Å²) in [5.74, 6) is 3.35. The molecule has 2 aromatic heterocycles. The molecule has 0 bridgehead atoms. The molecule has 0 radical (unpaired) electrons. The molecule has 8 heteroatoms. The van der Waals surface area contributed by atoms with Gasteiger partial charge in [0.2, 0.25) is 11.0 Å². The first-order chi connectivity index (χ1) is 13.2. The van der Waals surface area contributed by atoms with E-state index >= 15 is 0 Å². The van der Waals surface area contributed by atoms with Gasteiger partial charge in [-0.2, -0.15) is 0 Å². The van der Waals surface area contributed by atoms with Gasteiger partial charge in [-0.15, -0.1) is 5.10 Å².